The number of hydrogen-bond donors (Lipinski definition) is 3. The largest absolute Gasteiger partial charge is 0.335 e. The maximum atomic E-state index is 15.2. The molecule has 5 heterocycles. The molecule has 7 rings (SSSR count). The number of benzene rings is 1. The fourth-order valence-electron chi connectivity index (χ4n) is 4.82. The summed E-state index contributed by atoms with van der Waals surface area (Å²) in [5.74, 6) is 0.118. The molecule has 1 aromatic carbocycles. The van der Waals surface area contributed by atoms with Crippen LogP contribution in [0.5, 0.6) is 0 Å². The van der Waals surface area contributed by atoms with Crippen LogP contribution in [0.4, 0.5) is 10.1 Å². The molecule has 5 aromatic heterocycles. The molecule has 0 atom stereocenters. The lowest BCUT2D eigenvalue weighted by Crippen LogP contribution is -2.28. The molecule has 0 aliphatic heterocycles. The normalized spacial score (nSPS) is 13.7. The molecule has 1 saturated carbocycles. The van der Waals surface area contributed by atoms with Crippen LogP contribution < -0.4 is 5.32 Å². The summed E-state index contributed by atoms with van der Waals surface area (Å²) in [6.07, 6.45) is 7.90. The number of H-pyrrole nitrogens is 2. The van der Waals surface area contributed by atoms with Gasteiger partial charge in [-0.3, -0.25) is 14.9 Å². The molecule has 0 radical (unpaired) electrons. The number of nitrogens with one attached hydrogen (secondary N) is 3. The molecule has 1 fully saturated rings. The first-order valence-corrected chi connectivity index (χ1v) is 13.2. The van der Waals surface area contributed by atoms with Gasteiger partial charge in [0.1, 0.15) is 11.2 Å². The van der Waals surface area contributed by atoms with Gasteiger partial charge in [-0.2, -0.15) is 5.10 Å². The van der Waals surface area contributed by atoms with Crippen molar-refractivity contribution >= 4 is 45.0 Å². The van der Waals surface area contributed by atoms with Crippen LogP contribution in [-0.4, -0.2) is 36.0 Å². The fraction of sp³-hybridized carbons (Fsp3) is 0.179. The number of hydrogen-bond acceptors (Lipinski definition) is 6. The van der Waals surface area contributed by atoms with Gasteiger partial charge in [0, 0.05) is 44.6 Å². The topological polar surface area (TPSA) is 112 Å². The van der Waals surface area contributed by atoms with Crippen LogP contribution in [0.2, 0.25) is 0 Å². The highest BCUT2D eigenvalue weighted by atomic mass is 32.1. The van der Waals surface area contributed by atoms with Crippen LogP contribution in [0.1, 0.15) is 24.1 Å². The first kappa shape index (κ1) is 22.7. The number of rotatable bonds is 5. The second kappa shape index (κ2) is 8.84. The number of carbonyl (C=O) groups is 1. The third-order valence-corrected chi connectivity index (χ3v) is 8.10. The average Bonchev–Trinajstić information content (AvgIpc) is 3.60. The van der Waals surface area contributed by atoms with E-state index in [9.17, 15) is 4.79 Å². The number of amides is 1. The van der Waals surface area contributed by atoms with Gasteiger partial charge < -0.3 is 10.3 Å². The lowest BCUT2D eigenvalue weighted by Gasteiger charge is -2.24. The molecular formula is C28H22FN7OS. The molecule has 38 heavy (non-hydrogen) atoms. The molecule has 0 unspecified atom stereocenters. The fourth-order valence-corrected chi connectivity index (χ4v) is 5.72. The highest BCUT2D eigenvalue weighted by Gasteiger charge is 2.25. The first-order valence-electron chi connectivity index (χ1n) is 12.4. The van der Waals surface area contributed by atoms with Crippen molar-refractivity contribution in [2.45, 2.75) is 26.2 Å². The minimum absolute atomic E-state index is 0.00419. The van der Waals surface area contributed by atoms with Crippen molar-refractivity contribution in [1.82, 2.24) is 30.1 Å². The zero-order valence-electron chi connectivity index (χ0n) is 20.4. The second-order valence-corrected chi connectivity index (χ2v) is 10.9. The van der Waals surface area contributed by atoms with Crippen LogP contribution in [-0.2, 0) is 4.79 Å². The summed E-state index contributed by atoms with van der Waals surface area (Å²) in [5.41, 5.74) is 5.06. The number of pyridine rings is 2. The molecule has 0 spiro atoms. The van der Waals surface area contributed by atoms with E-state index in [0.29, 0.717) is 39.4 Å². The number of fused-ring (bicyclic) bond motifs is 2. The Morgan fingerprint density at radius 3 is 2.82 bits per heavy atom. The summed E-state index contributed by atoms with van der Waals surface area (Å²) in [5, 5.41) is 10.7. The van der Waals surface area contributed by atoms with Gasteiger partial charge in [0.05, 0.1) is 17.4 Å². The van der Waals surface area contributed by atoms with Crippen molar-refractivity contribution in [3.63, 3.8) is 0 Å². The Bertz CT molecular complexity index is 1850. The molecule has 0 bridgehead atoms. The Morgan fingerprint density at radius 2 is 2.03 bits per heavy atom. The van der Waals surface area contributed by atoms with Gasteiger partial charge in [-0.15, -0.1) is 11.3 Å². The van der Waals surface area contributed by atoms with E-state index < -0.39 is 5.82 Å². The Balaban J connectivity index is 1.29. The summed E-state index contributed by atoms with van der Waals surface area (Å²) in [7, 11) is 0. The number of aryl methyl sites for hydroxylation is 1. The van der Waals surface area contributed by atoms with E-state index in [-0.39, 0.29) is 17.3 Å². The second-order valence-electron chi connectivity index (χ2n) is 9.59. The Labute approximate surface area is 220 Å². The van der Waals surface area contributed by atoms with E-state index in [1.807, 2.05) is 18.2 Å². The molecule has 10 heteroatoms. The lowest BCUT2D eigenvalue weighted by molar-refractivity contribution is -0.122. The van der Waals surface area contributed by atoms with E-state index in [1.54, 1.807) is 29.9 Å². The van der Waals surface area contributed by atoms with E-state index in [4.69, 9.17) is 4.98 Å². The highest BCUT2D eigenvalue weighted by molar-refractivity contribution is 7.15. The van der Waals surface area contributed by atoms with E-state index in [0.717, 1.165) is 35.2 Å². The van der Waals surface area contributed by atoms with Crippen molar-refractivity contribution in [2.24, 2.45) is 5.92 Å². The third-order valence-electron chi connectivity index (χ3n) is 7.06. The first-order chi connectivity index (χ1) is 18.5. The Kier molecular flexibility index (Phi) is 5.29. The molecular weight excluding hydrogens is 501 g/mol. The molecule has 188 valence electrons. The van der Waals surface area contributed by atoms with Crippen LogP contribution in [0.25, 0.3) is 55.2 Å². The average molecular weight is 524 g/mol. The number of carbonyl (C=O) groups excluding carboxylic acids is 1. The van der Waals surface area contributed by atoms with Gasteiger partial charge in [0.25, 0.3) is 0 Å². The molecule has 1 aliphatic carbocycles. The van der Waals surface area contributed by atoms with Crippen LogP contribution in [0.15, 0.2) is 55.0 Å². The predicted octanol–water partition coefficient (Wildman–Crippen LogP) is 6.48. The van der Waals surface area contributed by atoms with Crippen LogP contribution in [0.3, 0.4) is 0 Å². The van der Waals surface area contributed by atoms with Gasteiger partial charge in [-0.1, -0.05) is 6.42 Å². The van der Waals surface area contributed by atoms with E-state index in [1.165, 1.54) is 10.9 Å². The summed E-state index contributed by atoms with van der Waals surface area (Å²) in [6, 6.07) is 11.2. The molecule has 1 amide bonds. The smallest absolute Gasteiger partial charge is 0.227 e. The number of halogens is 1. The number of thiophene rings is 1. The summed E-state index contributed by atoms with van der Waals surface area (Å²) in [4.78, 5) is 31.5. The lowest BCUT2D eigenvalue weighted by atomic mass is 9.85. The minimum atomic E-state index is -0.465. The number of anilines is 1. The van der Waals surface area contributed by atoms with E-state index >= 15 is 4.39 Å². The van der Waals surface area contributed by atoms with Crippen LogP contribution >= 0.6 is 11.3 Å². The minimum Gasteiger partial charge on any atom is -0.335 e. The van der Waals surface area contributed by atoms with Gasteiger partial charge in [0.15, 0.2) is 17.3 Å². The van der Waals surface area contributed by atoms with Crippen molar-refractivity contribution in [2.75, 3.05) is 5.32 Å². The summed E-state index contributed by atoms with van der Waals surface area (Å²) in [6.45, 7) is 2.07. The van der Waals surface area contributed by atoms with Gasteiger partial charge in [-0.05, 0) is 61.7 Å². The number of aromatic amines is 2. The van der Waals surface area contributed by atoms with Gasteiger partial charge in [0.2, 0.25) is 5.91 Å². The van der Waals surface area contributed by atoms with Gasteiger partial charge >= 0.3 is 0 Å². The highest BCUT2D eigenvalue weighted by Crippen LogP contribution is 2.36. The van der Waals surface area contributed by atoms with Crippen molar-refractivity contribution in [3.8, 4) is 33.1 Å². The zero-order valence-corrected chi connectivity index (χ0v) is 21.2. The summed E-state index contributed by atoms with van der Waals surface area (Å²) >= 11 is 1.70. The van der Waals surface area contributed by atoms with Crippen LogP contribution in [0, 0.1) is 18.7 Å². The third kappa shape index (κ3) is 3.84. The zero-order chi connectivity index (χ0) is 25.8. The number of imidazole rings is 1. The molecule has 3 N–H and O–H groups in total. The van der Waals surface area contributed by atoms with Crippen molar-refractivity contribution in [3.05, 3.63) is 65.7 Å². The number of aromatic nitrogens is 6. The maximum absolute atomic E-state index is 15.2. The van der Waals surface area contributed by atoms with Crippen molar-refractivity contribution < 1.29 is 9.18 Å². The SMILES string of the molecule is Cc1ccc(-c2ccnc3nc(-c4[nH]nc5c(F)cc(-c6cncc(NC(=O)C7CCC7)c6)cc45)[nH]c23)s1. The standard InChI is InChI=1S/C28H22FN7OS/c1-14-5-6-22(38-14)19-7-8-31-26-24(19)33-27(34-26)25-20-10-16(11-21(29)23(20)35-36-25)17-9-18(13-30-12-17)32-28(37)15-3-2-4-15/h5-13,15H,2-4H2,1H3,(H,32,37)(H,35,36)(H,31,33,34). The molecule has 6 aromatic rings. The summed E-state index contributed by atoms with van der Waals surface area (Å²) < 4.78 is 15.2. The quantitative estimate of drug-likeness (QED) is 0.239. The van der Waals surface area contributed by atoms with Gasteiger partial charge in [-0.25, -0.2) is 14.4 Å². The monoisotopic (exact) mass is 523 g/mol. The number of nitrogens with zero attached hydrogens (tertiary/aromatic N) is 4. The Hall–Kier alpha value is -4.44. The molecule has 1 aliphatic rings. The molecule has 0 saturated heterocycles. The van der Waals surface area contributed by atoms with Crippen molar-refractivity contribution in [1.29, 1.82) is 0 Å². The predicted molar refractivity (Wildman–Crippen MR) is 146 cm³/mol. The molecule has 8 nitrogen and oxygen atoms in total. The Morgan fingerprint density at radius 1 is 1.13 bits per heavy atom. The van der Waals surface area contributed by atoms with E-state index in [2.05, 4.69) is 49.5 Å². The maximum Gasteiger partial charge on any atom is 0.227 e.